The van der Waals surface area contributed by atoms with Crippen molar-refractivity contribution in [1.82, 2.24) is 30.2 Å². The minimum atomic E-state index is 0.0435. The van der Waals surface area contributed by atoms with Gasteiger partial charge in [-0.3, -0.25) is 4.79 Å². The highest BCUT2D eigenvalue weighted by Crippen LogP contribution is 2.34. The SMILES string of the molecule is CC(C)CC(=O)N1CCC[C@H]1c1ncc(-c2ccc(-c3ccc4cc(-c5cnc([C@@H]6CCCN6)[nH]5)ccc4c3)cc2)[nH]1. The van der Waals surface area contributed by atoms with Crippen molar-refractivity contribution in [2.24, 2.45) is 5.92 Å². The minimum Gasteiger partial charge on any atom is -0.341 e. The molecule has 2 saturated heterocycles. The molecule has 2 aromatic heterocycles. The van der Waals surface area contributed by atoms with Crippen LogP contribution in [-0.4, -0.2) is 43.8 Å². The number of nitrogens with one attached hydrogen (secondary N) is 3. The van der Waals surface area contributed by atoms with E-state index in [0.717, 1.165) is 66.5 Å². The van der Waals surface area contributed by atoms with Crippen LogP contribution in [0.1, 0.15) is 69.7 Å². The predicted molar refractivity (Wildman–Crippen MR) is 168 cm³/mol. The van der Waals surface area contributed by atoms with Gasteiger partial charge in [-0.1, -0.05) is 62.4 Å². The third-order valence-electron chi connectivity index (χ3n) is 8.73. The Morgan fingerprint density at radius 2 is 1.45 bits per heavy atom. The first-order valence-electron chi connectivity index (χ1n) is 15.3. The van der Waals surface area contributed by atoms with Crippen LogP contribution in [-0.2, 0) is 4.79 Å². The molecule has 2 aliphatic heterocycles. The van der Waals surface area contributed by atoms with E-state index in [2.05, 4.69) is 94.8 Å². The third-order valence-corrected chi connectivity index (χ3v) is 8.73. The number of hydrogen-bond donors (Lipinski definition) is 3. The molecule has 7 heteroatoms. The van der Waals surface area contributed by atoms with Gasteiger partial charge >= 0.3 is 0 Å². The second kappa shape index (κ2) is 11.2. The lowest BCUT2D eigenvalue weighted by atomic mass is 9.98. The number of imidazole rings is 2. The number of carbonyl (C=O) groups excluding carboxylic acids is 1. The van der Waals surface area contributed by atoms with Crippen LogP contribution in [0.4, 0.5) is 0 Å². The van der Waals surface area contributed by atoms with Crippen LogP contribution in [0.25, 0.3) is 44.4 Å². The van der Waals surface area contributed by atoms with E-state index in [1.807, 2.05) is 17.3 Å². The maximum absolute atomic E-state index is 12.8. The Hall–Kier alpha value is -4.23. The molecule has 0 saturated carbocycles. The molecule has 0 radical (unpaired) electrons. The molecule has 4 heterocycles. The van der Waals surface area contributed by atoms with Crippen molar-refractivity contribution in [3.63, 3.8) is 0 Å². The Bertz CT molecular complexity index is 1710. The van der Waals surface area contributed by atoms with E-state index >= 15 is 0 Å². The molecule has 2 aliphatic rings. The number of amides is 1. The lowest BCUT2D eigenvalue weighted by Gasteiger charge is -2.24. The zero-order valence-corrected chi connectivity index (χ0v) is 24.4. The van der Waals surface area contributed by atoms with Gasteiger partial charge < -0.3 is 20.2 Å². The van der Waals surface area contributed by atoms with Crippen molar-refractivity contribution < 1.29 is 4.79 Å². The molecule has 0 unspecified atom stereocenters. The van der Waals surface area contributed by atoms with E-state index in [1.54, 1.807) is 0 Å². The van der Waals surface area contributed by atoms with Gasteiger partial charge in [-0.2, -0.15) is 0 Å². The van der Waals surface area contributed by atoms with Gasteiger partial charge in [0, 0.05) is 18.5 Å². The fourth-order valence-corrected chi connectivity index (χ4v) is 6.48. The molecule has 3 N–H and O–H groups in total. The van der Waals surface area contributed by atoms with Crippen LogP contribution < -0.4 is 5.32 Å². The molecule has 2 atom stereocenters. The van der Waals surface area contributed by atoms with Gasteiger partial charge in [0.25, 0.3) is 0 Å². The van der Waals surface area contributed by atoms with E-state index in [-0.39, 0.29) is 11.9 Å². The zero-order valence-electron chi connectivity index (χ0n) is 24.4. The fraction of sp³-hybridized carbons (Fsp3) is 0.343. The molecule has 7 nitrogen and oxygen atoms in total. The molecule has 2 fully saturated rings. The topological polar surface area (TPSA) is 89.7 Å². The predicted octanol–water partition coefficient (Wildman–Crippen LogP) is 7.42. The molecule has 0 bridgehead atoms. The molecular weight excluding hydrogens is 520 g/mol. The van der Waals surface area contributed by atoms with Crippen molar-refractivity contribution in [3.8, 4) is 33.6 Å². The maximum Gasteiger partial charge on any atom is 0.223 e. The number of aromatic amines is 2. The maximum atomic E-state index is 12.8. The highest BCUT2D eigenvalue weighted by atomic mass is 16.2. The van der Waals surface area contributed by atoms with Crippen LogP contribution in [0.3, 0.4) is 0 Å². The van der Waals surface area contributed by atoms with Crippen molar-refractivity contribution >= 4 is 16.7 Å². The summed E-state index contributed by atoms with van der Waals surface area (Å²) in [5, 5.41) is 5.93. The van der Waals surface area contributed by atoms with Crippen LogP contribution in [0.2, 0.25) is 0 Å². The van der Waals surface area contributed by atoms with Crippen LogP contribution in [0.15, 0.2) is 73.1 Å². The van der Waals surface area contributed by atoms with Gasteiger partial charge in [0.2, 0.25) is 5.91 Å². The van der Waals surface area contributed by atoms with Gasteiger partial charge in [0.05, 0.1) is 35.9 Å². The molecule has 214 valence electrons. The average molecular weight is 559 g/mol. The number of fused-ring (bicyclic) bond motifs is 1. The molecule has 0 aliphatic carbocycles. The zero-order chi connectivity index (χ0) is 28.6. The van der Waals surface area contributed by atoms with Crippen LogP contribution in [0, 0.1) is 5.92 Å². The second-order valence-corrected chi connectivity index (χ2v) is 12.2. The average Bonchev–Trinajstić information content (AvgIpc) is 3.82. The van der Waals surface area contributed by atoms with E-state index in [1.165, 1.54) is 28.3 Å². The summed E-state index contributed by atoms with van der Waals surface area (Å²) in [5.41, 5.74) is 6.65. The summed E-state index contributed by atoms with van der Waals surface area (Å²) in [7, 11) is 0. The first-order valence-corrected chi connectivity index (χ1v) is 15.3. The minimum absolute atomic E-state index is 0.0435. The standard InChI is InChI=1S/C35H38N6O/c1-22(2)17-33(42)41-16-4-6-32(41)35-38-20-30(40-35)24-9-7-23(8-10-24)25-11-12-27-19-28(14-13-26(27)18-25)31-21-37-34(39-31)29-5-3-15-36-29/h7-14,18-22,29,32,36H,3-6,15-17H2,1-2H3,(H,37,39)(H,38,40)/t29-,32-/m0/s1. The van der Waals surface area contributed by atoms with Gasteiger partial charge in [0.15, 0.2) is 0 Å². The molecule has 7 rings (SSSR count). The van der Waals surface area contributed by atoms with E-state index in [9.17, 15) is 4.79 Å². The quantitative estimate of drug-likeness (QED) is 0.194. The van der Waals surface area contributed by atoms with Crippen molar-refractivity contribution in [1.29, 1.82) is 0 Å². The summed E-state index contributed by atoms with van der Waals surface area (Å²) in [5.74, 6) is 2.51. The number of rotatable bonds is 7. The van der Waals surface area contributed by atoms with Gasteiger partial charge in [-0.05, 0) is 77.7 Å². The van der Waals surface area contributed by atoms with E-state index in [4.69, 9.17) is 4.98 Å². The van der Waals surface area contributed by atoms with Crippen molar-refractivity contribution in [2.75, 3.05) is 13.1 Å². The Balaban J connectivity index is 1.07. The molecule has 1 amide bonds. The number of nitrogens with zero attached hydrogens (tertiary/aromatic N) is 3. The monoisotopic (exact) mass is 558 g/mol. The van der Waals surface area contributed by atoms with Gasteiger partial charge in [0.1, 0.15) is 11.6 Å². The molecular formula is C35H38N6O. The first-order chi connectivity index (χ1) is 20.5. The first kappa shape index (κ1) is 26.7. The Morgan fingerprint density at radius 1 is 0.810 bits per heavy atom. The Morgan fingerprint density at radius 3 is 2.19 bits per heavy atom. The van der Waals surface area contributed by atoms with Crippen LogP contribution in [0.5, 0.6) is 0 Å². The van der Waals surface area contributed by atoms with E-state index in [0.29, 0.717) is 18.4 Å². The lowest BCUT2D eigenvalue weighted by molar-refractivity contribution is -0.133. The smallest absolute Gasteiger partial charge is 0.223 e. The molecule has 42 heavy (non-hydrogen) atoms. The van der Waals surface area contributed by atoms with Gasteiger partial charge in [-0.15, -0.1) is 0 Å². The summed E-state index contributed by atoms with van der Waals surface area (Å²) in [6.45, 7) is 6.07. The summed E-state index contributed by atoms with van der Waals surface area (Å²) < 4.78 is 0. The summed E-state index contributed by atoms with van der Waals surface area (Å²) in [6.07, 6.45) is 8.75. The third kappa shape index (κ3) is 5.25. The summed E-state index contributed by atoms with van der Waals surface area (Å²) in [4.78, 5) is 31.2. The fourth-order valence-electron chi connectivity index (χ4n) is 6.48. The molecule has 3 aromatic carbocycles. The number of aromatic nitrogens is 4. The number of H-pyrrole nitrogens is 2. The largest absolute Gasteiger partial charge is 0.341 e. The Labute approximate surface area is 246 Å². The normalized spacial score (nSPS) is 18.9. The highest BCUT2D eigenvalue weighted by molar-refractivity contribution is 5.90. The highest BCUT2D eigenvalue weighted by Gasteiger charge is 2.32. The summed E-state index contributed by atoms with van der Waals surface area (Å²) in [6, 6.07) is 22.3. The molecule has 5 aromatic rings. The van der Waals surface area contributed by atoms with Crippen molar-refractivity contribution in [3.05, 3.63) is 84.7 Å². The second-order valence-electron chi connectivity index (χ2n) is 12.2. The van der Waals surface area contributed by atoms with Gasteiger partial charge in [-0.25, -0.2) is 9.97 Å². The van der Waals surface area contributed by atoms with E-state index < -0.39 is 0 Å². The number of benzene rings is 3. The Kier molecular flexibility index (Phi) is 7.12. The van der Waals surface area contributed by atoms with Crippen molar-refractivity contribution in [2.45, 2.75) is 58.0 Å². The number of hydrogen-bond acceptors (Lipinski definition) is 4. The summed E-state index contributed by atoms with van der Waals surface area (Å²) >= 11 is 0. The lowest BCUT2D eigenvalue weighted by Crippen LogP contribution is -2.31. The number of carbonyl (C=O) groups is 1. The molecule has 0 spiro atoms. The number of likely N-dealkylation sites (tertiary alicyclic amines) is 1. The van der Waals surface area contributed by atoms with Crippen LogP contribution >= 0.6 is 0 Å².